The lowest BCUT2D eigenvalue weighted by atomic mass is 10.0. The van der Waals surface area contributed by atoms with Gasteiger partial charge in [0.2, 0.25) is 0 Å². The Hall–Kier alpha value is -2.61. The van der Waals surface area contributed by atoms with Gasteiger partial charge in [0.15, 0.2) is 11.5 Å². The minimum absolute atomic E-state index is 0.232. The Morgan fingerprint density at radius 1 is 1.32 bits per heavy atom. The lowest BCUT2D eigenvalue weighted by Crippen LogP contribution is -2.44. The number of carbonyl (C=O) groups is 2. The monoisotopic (exact) mass is 364 g/mol. The molecule has 1 heterocycles. The van der Waals surface area contributed by atoms with E-state index in [0.29, 0.717) is 23.7 Å². The summed E-state index contributed by atoms with van der Waals surface area (Å²) in [4.78, 5) is 27.7. The van der Waals surface area contributed by atoms with Crippen molar-refractivity contribution in [2.24, 2.45) is 5.92 Å². The second-order valence-corrected chi connectivity index (χ2v) is 6.39. The van der Waals surface area contributed by atoms with E-state index in [-0.39, 0.29) is 5.92 Å². The van der Waals surface area contributed by atoms with Gasteiger partial charge in [-0.25, -0.2) is 9.78 Å². The summed E-state index contributed by atoms with van der Waals surface area (Å²) in [5.74, 6) is -0.918. The number of nitrogens with one attached hydrogen (secondary N) is 1. The van der Waals surface area contributed by atoms with Crippen LogP contribution in [0.5, 0.6) is 11.5 Å². The number of amides is 1. The highest BCUT2D eigenvalue weighted by molar-refractivity contribution is 7.07. The molecule has 1 aromatic heterocycles. The van der Waals surface area contributed by atoms with Gasteiger partial charge < -0.3 is 19.9 Å². The quantitative estimate of drug-likeness (QED) is 0.747. The van der Waals surface area contributed by atoms with Gasteiger partial charge in [0, 0.05) is 10.9 Å². The molecule has 134 valence electrons. The van der Waals surface area contributed by atoms with Crippen molar-refractivity contribution in [3.63, 3.8) is 0 Å². The van der Waals surface area contributed by atoms with Gasteiger partial charge in [0.1, 0.15) is 12.6 Å². The molecule has 2 rings (SSSR count). The molecule has 0 saturated heterocycles. The topological polar surface area (TPSA) is 97.8 Å². The number of aliphatic carboxylic acids is 1. The molecule has 0 aliphatic heterocycles. The van der Waals surface area contributed by atoms with Crippen LogP contribution in [0.15, 0.2) is 29.1 Å². The number of nitrogens with zero attached hydrogens (tertiary/aromatic N) is 1. The van der Waals surface area contributed by atoms with Crippen LogP contribution >= 0.6 is 11.3 Å². The number of ether oxygens (including phenoxy) is 2. The van der Waals surface area contributed by atoms with E-state index in [1.165, 1.54) is 24.5 Å². The first-order chi connectivity index (χ1) is 11.9. The first kappa shape index (κ1) is 18.7. The zero-order valence-electron chi connectivity index (χ0n) is 14.2. The predicted octanol–water partition coefficient (Wildman–Crippen LogP) is 2.57. The third-order valence-electron chi connectivity index (χ3n) is 3.50. The Morgan fingerprint density at radius 3 is 2.64 bits per heavy atom. The molecule has 0 bridgehead atoms. The molecule has 25 heavy (non-hydrogen) atoms. The lowest BCUT2D eigenvalue weighted by Gasteiger charge is -2.18. The zero-order chi connectivity index (χ0) is 18.4. The number of carboxylic acid groups (broad SMARTS) is 1. The van der Waals surface area contributed by atoms with Gasteiger partial charge in [-0.2, -0.15) is 0 Å². The van der Waals surface area contributed by atoms with E-state index in [0.717, 1.165) is 5.69 Å². The van der Waals surface area contributed by atoms with Crippen molar-refractivity contribution in [1.29, 1.82) is 0 Å². The molecule has 0 radical (unpaired) electrons. The second kappa shape index (κ2) is 8.48. The fourth-order valence-corrected chi connectivity index (χ4v) is 2.67. The fourth-order valence-electron chi connectivity index (χ4n) is 2.13. The minimum atomic E-state index is -1.07. The van der Waals surface area contributed by atoms with Gasteiger partial charge in [0.25, 0.3) is 5.91 Å². The molecular weight excluding hydrogens is 344 g/mol. The molecule has 1 atom stereocenters. The Bertz CT molecular complexity index is 731. The van der Waals surface area contributed by atoms with Crippen LogP contribution in [-0.2, 0) is 11.4 Å². The summed E-state index contributed by atoms with van der Waals surface area (Å²) in [6.07, 6.45) is 0. The van der Waals surface area contributed by atoms with Gasteiger partial charge in [-0.15, -0.1) is 11.3 Å². The van der Waals surface area contributed by atoms with Crippen LogP contribution in [0.1, 0.15) is 29.9 Å². The average molecular weight is 364 g/mol. The number of benzene rings is 1. The second-order valence-electron chi connectivity index (χ2n) is 5.67. The van der Waals surface area contributed by atoms with Gasteiger partial charge in [0.05, 0.1) is 18.3 Å². The average Bonchev–Trinajstić information content (AvgIpc) is 3.10. The molecule has 0 spiro atoms. The normalized spacial score (nSPS) is 11.8. The van der Waals surface area contributed by atoms with E-state index in [2.05, 4.69) is 10.3 Å². The highest BCUT2D eigenvalue weighted by Gasteiger charge is 2.24. The summed E-state index contributed by atoms with van der Waals surface area (Å²) < 4.78 is 10.9. The molecule has 0 saturated carbocycles. The van der Waals surface area contributed by atoms with E-state index in [1.54, 1.807) is 31.5 Å². The maximum Gasteiger partial charge on any atom is 0.326 e. The predicted molar refractivity (Wildman–Crippen MR) is 93.2 cm³/mol. The smallest absolute Gasteiger partial charge is 0.326 e. The van der Waals surface area contributed by atoms with Crippen LogP contribution in [0.4, 0.5) is 0 Å². The van der Waals surface area contributed by atoms with Crippen molar-refractivity contribution in [1.82, 2.24) is 10.3 Å². The first-order valence-electron chi connectivity index (χ1n) is 7.64. The van der Waals surface area contributed by atoms with Crippen LogP contribution in [0.25, 0.3) is 0 Å². The SMILES string of the molecule is COc1cc(C(=O)NC(C(=O)O)C(C)C)ccc1OCc1cscn1. The maximum absolute atomic E-state index is 12.3. The summed E-state index contributed by atoms with van der Waals surface area (Å²) in [6.45, 7) is 3.75. The number of methoxy groups -OCH3 is 1. The van der Waals surface area contributed by atoms with E-state index in [9.17, 15) is 14.7 Å². The standard InChI is InChI=1S/C17H20N2O5S/c1-10(2)15(17(21)22)19-16(20)11-4-5-13(14(6-11)23-3)24-7-12-8-25-9-18-12/h4-6,8-10,15H,7H2,1-3H3,(H,19,20)(H,21,22). The third-order valence-corrected chi connectivity index (χ3v) is 4.14. The third kappa shape index (κ3) is 4.93. The van der Waals surface area contributed by atoms with Crippen LogP contribution in [0.2, 0.25) is 0 Å². The summed E-state index contributed by atoms with van der Waals surface area (Å²) in [5.41, 5.74) is 2.82. The molecular formula is C17H20N2O5S. The van der Waals surface area contributed by atoms with Gasteiger partial charge in [-0.05, 0) is 24.1 Å². The Morgan fingerprint density at radius 2 is 2.08 bits per heavy atom. The molecule has 7 nitrogen and oxygen atoms in total. The highest BCUT2D eigenvalue weighted by Crippen LogP contribution is 2.29. The molecule has 0 fully saturated rings. The maximum atomic E-state index is 12.3. The van der Waals surface area contributed by atoms with Gasteiger partial charge in [-0.1, -0.05) is 13.8 Å². The van der Waals surface area contributed by atoms with Crippen molar-refractivity contribution in [3.8, 4) is 11.5 Å². The molecule has 8 heteroatoms. The van der Waals surface area contributed by atoms with Crippen molar-refractivity contribution in [3.05, 3.63) is 40.3 Å². The first-order valence-corrected chi connectivity index (χ1v) is 8.58. The number of hydrogen-bond donors (Lipinski definition) is 2. The summed E-state index contributed by atoms with van der Waals surface area (Å²) >= 11 is 1.48. The van der Waals surface area contributed by atoms with Crippen molar-refractivity contribution >= 4 is 23.2 Å². The van der Waals surface area contributed by atoms with Crippen LogP contribution in [-0.4, -0.2) is 35.1 Å². The molecule has 1 unspecified atom stereocenters. The summed E-state index contributed by atoms with van der Waals surface area (Å²) in [5, 5.41) is 13.6. The Balaban J connectivity index is 2.11. The largest absolute Gasteiger partial charge is 0.493 e. The van der Waals surface area contributed by atoms with Crippen molar-refractivity contribution < 1.29 is 24.2 Å². The molecule has 2 aromatic rings. The molecule has 1 amide bonds. The van der Waals surface area contributed by atoms with Gasteiger partial charge >= 0.3 is 5.97 Å². The molecule has 1 aromatic carbocycles. The molecule has 2 N–H and O–H groups in total. The van der Waals surface area contributed by atoms with Gasteiger partial charge in [-0.3, -0.25) is 4.79 Å². The minimum Gasteiger partial charge on any atom is -0.493 e. The van der Waals surface area contributed by atoms with E-state index in [1.807, 2.05) is 5.38 Å². The lowest BCUT2D eigenvalue weighted by molar-refractivity contribution is -0.140. The highest BCUT2D eigenvalue weighted by atomic mass is 32.1. The molecule has 0 aliphatic carbocycles. The Labute approximate surface area is 149 Å². The Kier molecular flexibility index (Phi) is 6.35. The van der Waals surface area contributed by atoms with Crippen LogP contribution in [0, 0.1) is 5.92 Å². The number of aromatic nitrogens is 1. The molecule has 0 aliphatic rings. The number of rotatable bonds is 8. The number of hydrogen-bond acceptors (Lipinski definition) is 6. The van der Waals surface area contributed by atoms with Crippen LogP contribution in [0.3, 0.4) is 0 Å². The van der Waals surface area contributed by atoms with E-state index in [4.69, 9.17) is 9.47 Å². The van der Waals surface area contributed by atoms with Crippen molar-refractivity contribution in [2.45, 2.75) is 26.5 Å². The number of thiazole rings is 1. The van der Waals surface area contributed by atoms with E-state index < -0.39 is 17.9 Å². The summed E-state index contributed by atoms with van der Waals surface area (Å²) in [7, 11) is 1.47. The number of carbonyl (C=O) groups excluding carboxylic acids is 1. The zero-order valence-corrected chi connectivity index (χ0v) is 15.0. The van der Waals surface area contributed by atoms with Crippen molar-refractivity contribution in [2.75, 3.05) is 7.11 Å². The van der Waals surface area contributed by atoms with Crippen LogP contribution < -0.4 is 14.8 Å². The number of carboxylic acids is 1. The van der Waals surface area contributed by atoms with E-state index >= 15 is 0 Å². The summed E-state index contributed by atoms with van der Waals surface area (Å²) in [6, 6.07) is 3.74. The fraction of sp³-hybridized carbons (Fsp3) is 0.353.